The molecule has 5 rings (SSSR count). The zero-order valence-electron chi connectivity index (χ0n) is 18.8. The van der Waals surface area contributed by atoms with Crippen LogP contribution in [0.25, 0.3) is 11.2 Å². The summed E-state index contributed by atoms with van der Waals surface area (Å²) in [6.45, 7) is 7.11. The van der Waals surface area contributed by atoms with Crippen LogP contribution in [-0.4, -0.2) is 50.9 Å². The number of pyridine rings is 1. The number of aromatic nitrogens is 3. The molecule has 1 atom stereocenters. The van der Waals surface area contributed by atoms with Crippen LogP contribution in [0.15, 0.2) is 36.5 Å². The molecule has 7 nitrogen and oxygen atoms in total. The van der Waals surface area contributed by atoms with Crippen LogP contribution in [0, 0.1) is 6.92 Å². The van der Waals surface area contributed by atoms with Gasteiger partial charge in [0.15, 0.2) is 5.65 Å². The van der Waals surface area contributed by atoms with Gasteiger partial charge in [-0.15, -0.1) is 0 Å². The molecule has 0 bridgehead atoms. The summed E-state index contributed by atoms with van der Waals surface area (Å²) in [5, 5.41) is 0. The highest BCUT2D eigenvalue weighted by atomic mass is 16.2. The fraction of sp³-hybridized carbons (Fsp3) is 0.440. The second-order valence-electron chi connectivity index (χ2n) is 8.85. The minimum Gasteiger partial charge on any atom is -0.338 e. The number of hydrogen-bond acceptors (Lipinski definition) is 4. The van der Waals surface area contributed by atoms with Crippen molar-refractivity contribution in [2.24, 2.45) is 0 Å². The summed E-state index contributed by atoms with van der Waals surface area (Å²) in [6, 6.07) is 9.65. The Morgan fingerprint density at radius 3 is 2.88 bits per heavy atom. The number of aryl methyl sites for hydroxylation is 2. The molecule has 166 valence electrons. The van der Waals surface area contributed by atoms with Crippen LogP contribution in [0.2, 0.25) is 0 Å². The molecular formula is C25H29N5O2. The number of imidazole rings is 1. The van der Waals surface area contributed by atoms with Gasteiger partial charge < -0.3 is 14.4 Å². The van der Waals surface area contributed by atoms with Crippen molar-refractivity contribution in [3.8, 4) is 0 Å². The van der Waals surface area contributed by atoms with Gasteiger partial charge >= 0.3 is 0 Å². The van der Waals surface area contributed by atoms with Crippen molar-refractivity contribution < 1.29 is 9.59 Å². The summed E-state index contributed by atoms with van der Waals surface area (Å²) in [6.07, 6.45) is 5.16. The molecule has 2 saturated heterocycles. The SMILES string of the molecule is CCCn1c([C@H]2CCN(C(=O)c3ccc(C)c(N4CCCC4=O)c3)C2)nc2cccnc21. The Balaban J connectivity index is 1.38. The lowest BCUT2D eigenvalue weighted by Crippen LogP contribution is -2.30. The van der Waals surface area contributed by atoms with E-state index in [-0.39, 0.29) is 17.7 Å². The van der Waals surface area contributed by atoms with Crippen LogP contribution in [0.5, 0.6) is 0 Å². The van der Waals surface area contributed by atoms with Gasteiger partial charge in [-0.3, -0.25) is 9.59 Å². The highest BCUT2D eigenvalue weighted by Crippen LogP contribution is 2.31. The van der Waals surface area contributed by atoms with E-state index in [0.717, 1.165) is 60.6 Å². The fourth-order valence-corrected chi connectivity index (χ4v) is 5.01. The molecule has 2 amide bonds. The monoisotopic (exact) mass is 431 g/mol. The number of fused-ring (bicyclic) bond motifs is 1. The number of rotatable bonds is 5. The van der Waals surface area contributed by atoms with E-state index < -0.39 is 0 Å². The molecule has 2 fully saturated rings. The summed E-state index contributed by atoms with van der Waals surface area (Å²) in [7, 11) is 0. The molecule has 7 heteroatoms. The molecule has 2 aliphatic rings. The predicted octanol–water partition coefficient (Wildman–Crippen LogP) is 3.91. The zero-order valence-corrected chi connectivity index (χ0v) is 18.8. The van der Waals surface area contributed by atoms with Crippen molar-refractivity contribution in [3.63, 3.8) is 0 Å². The second-order valence-corrected chi connectivity index (χ2v) is 8.85. The topological polar surface area (TPSA) is 71.3 Å². The van der Waals surface area contributed by atoms with Gasteiger partial charge in [0, 0.05) is 56.0 Å². The molecule has 0 radical (unpaired) electrons. The first kappa shape index (κ1) is 20.7. The number of anilines is 1. The number of amides is 2. The van der Waals surface area contributed by atoms with Gasteiger partial charge in [-0.1, -0.05) is 13.0 Å². The van der Waals surface area contributed by atoms with Crippen LogP contribution in [-0.2, 0) is 11.3 Å². The summed E-state index contributed by atoms with van der Waals surface area (Å²) in [5.74, 6) is 1.40. The second kappa shape index (κ2) is 8.37. The Morgan fingerprint density at radius 1 is 1.22 bits per heavy atom. The molecule has 1 aromatic carbocycles. The van der Waals surface area contributed by atoms with Gasteiger partial charge in [0.05, 0.1) is 0 Å². The van der Waals surface area contributed by atoms with Gasteiger partial charge in [-0.05, 0) is 56.0 Å². The molecule has 3 aromatic rings. The van der Waals surface area contributed by atoms with Gasteiger partial charge in [-0.2, -0.15) is 0 Å². The first-order valence-electron chi connectivity index (χ1n) is 11.6. The molecule has 0 spiro atoms. The summed E-state index contributed by atoms with van der Waals surface area (Å²) < 4.78 is 2.22. The molecule has 0 N–H and O–H groups in total. The van der Waals surface area contributed by atoms with Crippen molar-refractivity contribution in [2.75, 3.05) is 24.5 Å². The zero-order chi connectivity index (χ0) is 22.2. The lowest BCUT2D eigenvalue weighted by Gasteiger charge is -2.21. The molecule has 4 heterocycles. The van der Waals surface area contributed by atoms with Crippen LogP contribution < -0.4 is 4.90 Å². The molecule has 32 heavy (non-hydrogen) atoms. The first-order chi connectivity index (χ1) is 15.6. The molecule has 0 unspecified atom stereocenters. The maximum atomic E-state index is 13.3. The van der Waals surface area contributed by atoms with Crippen LogP contribution in [0.4, 0.5) is 5.69 Å². The molecule has 2 aromatic heterocycles. The highest BCUT2D eigenvalue weighted by molar-refractivity contribution is 5.99. The first-order valence-corrected chi connectivity index (χ1v) is 11.6. The number of likely N-dealkylation sites (tertiary alicyclic amines) is 1. The standard InChI is InChI=1S/C25H29N5O2/c1-3-12-30-23(27-20-6-4-11-26-24(20)30)19-10-14-28(16-19)25(32)18-9-8-17(2)21(15-18)29-13-5-7-22(29)31/h4,6,8-9,11,15,19H,3,5,7,10,12-14,16H2,1-2H3/t19-/m0/s1. The van der Waals surface area contributed by atoms with Crippen molar-refractivity contribution in [1.82, 2.24) is 19.4 Å². The lowest BCUT2D eigenvalue weighted by atomic mass is 10.1. The molecule has 0 saturated carbocycles. The van der Waals surface area contributed by atoms with Crippen LogP contribution >= 0.6 is 0 Å². The largest absolute Gasteiger partial charge is 0.338 e. The average molecular weight is 432 g/mol. The minimum absolute atomic E-state index is 0.0247. The minimum atomic E-state index is 0.0247. The maximum Gasteiger partial charge on any atom is 0.253 e. The van der Waals surface area contributed by atoms with E-state index in [1.807, 2.05) is 53.3 Å². The van der Waals surface area contributed by atoms with E-state index in [9.17, 15) is 9.59 Å². The Labute approximate surface area is 188 Å². The Morgan fingerprint density at radius 2 is 2.09 bits per heavy atom. The normalized spacial score (nSPS) is 18.8. The third-order valence-corrected chi connectivity index (χ3v) is 6.64. The van der Waals surface area contributed by atoms with E-state index in [0.29, 0.717) is 25.1 Å². The lowest BCUT2D eigenvalue weighted by molar-refractivity contribution is -0.117. The fourth-order valence-electron chi connectivity index (χ4n) is 5.01. The number of carbonyl (C=O) groups excluding carboxylic acids is 2. The molecule has 0 aliphatic carbocycles. The summed E-state index contributed by atoms with van der Waals surface area (Å²) in [5.41, 5.74) is 4.38. The molecular weight excluding hydrogens is 402 g/mol. The van der Waals surface area contributed by atoms with Gasteiger partial charge in [0.25, 0.3) is 5.91 Å². The third kappa shape index (κ3) is 3.55. The molecule has 2 aliphatic heterocycles. The van der Waals surface area contributed by atoms with E-state index >= 15 is 0 Å². The van der Waals surface area contributed by atoms with E-state index in [4.69, 9.17) is 4.98 Å². The Hall–Kier alpha value is -3.22. The van der Waals surface area contributed by atoms with Crippen molar-refractivity contribution in [1.29, 1.82) is 0 Å². The number of carbonyl (C=O) groups is 2. The Kier molecular flexibility index (Phi) is 5.41. The predicted molar refractivity (Wildman–Crippen MR) is 124 cm³/mol. The quantitative estimate of drug-likeness (QED) is 0.614. The van der Waals surface area contributed by atoms with Gasteiger partial charge in [0.2, 0.25) is 5.91 Å². The van der Waals surface area contributed by atoms with E-state index in [2.05, 4.69) is 16.5 Å². The maximum absolute atomic E-state index is 13.3. The van der Waals surface area contributed by atoms with Crippen molar-refractivity contribution in [3.05, 3.63) is 53.5 Å². The van der Waals surface area contributed by atoms with E-state index in [1.165, 1.54) is 0 Å². The van der Waals surface area contributed by atoms with Crippen LogP contribution in [0.1, 0.15) is 60.3 Å². The third-order valence-electron chi connectivity index (χ3n) is 6.64. The number of benzene rings is 1. The number of hydrogen-bond donors (Lipinski definition) is 0. The van der Waals surface area contributed by atoms with Gasteiger partial charge in [0.1, 0.15) is 11.3 Å². The average Bonchev–Trinajstić information content (AvgIpc) is 3.53. The smallest absolute Gasteiger partial charge is 0.253 e. The number of nitrogens with zero attached hydrogens (tertiary/aromatic N) is 5. The van der Waals surface area contributed by atoms with Crippen molar-refractivity contribution in [2.45, 2.75) is 52.0 Å². The Bertz CT molecular complexity index is 1180. The highest BCUT2D eigenvalue weighted by Gasteiger charge is 2.32. The van der Waals surface area contributed by atoms with E-state index in [1.54, 1.807) is 0 Å². The summed E-state index contributed by atoms with van der Waals surface area (Å²) in [4.78, 5) is 38.8. The van der Waals surface area contributed by atoms with Crippen LogP contribution in [0.3, 0.4) is 0 Å². The van der Waals surface area contributed by atoms with Crippen molar-refractivity contribution >= 4 is 28.7 Å². The van der Waals surface area contributed by atoms with Gasteiger partial charge in [-0.25, -0.2) is 9.97 Å². The summed E-state index contributed by atoms with van der Waals surface area (Å²) >= 11 is 0.